The van der Waals surface area contributed by atoms with Gasteiger partial charge >= 0.3 is 0 Å². The summed E-state index contributed by atoms with van der Waals surface area (Å²) in [6.07, 6.45) is 12.6. The zero-order chi connectivity index (χ0) is 15.0. The predicted octanol–water partition coefficient (Wildman–Crippen LogP) is 3.39. The lowest BCUT2D eigenvalue weighted by atomic mass is 9.99. The van der Waals surface area contributed by atoms with Crippen molar-refractivity contribution < 1.29 is 0 Å². The minimum atomic E-state index is 0.662. The normalized spacial score (nSPS) is 39.2. The molecule has 3 aliphatic rings. The molecule has 0 spiro atoms. The molecule has 0 aromatic heterocycles. The molecule has 4 heteroatoms. The topological polar surface area (TPSA) is 13.0 Å². The second-order valence-corrected chi connectivity index (χ2v) is 7.34. The van der Waals surface area contributed by atoms with Crippen LogP contribution >= 0.6 is 0 Å². The maximum Gasteiger partial charge on any atom is 0.119 e. The molecule has 2 fully saturated rings. The van der Waals surface area contributed by atoms with Crippen molar-refractivity contribution in [2.75, 3.05) is 6.67 Å². The first-order valence-electron chi connectivity index (χ1n) is 8.86. The van der Waals surface area contributed by atoms with Gasteiger partial charge in [-0.1, -0.05) is 12.8 Å². The Balaban J connectivity index is 1.66. The van der Waals surface area contributed by atoms with E-state index < -0.39 is 0 Å². The molecule has 4 unspecified atom stereocenters. The fraction of sp³-hybridized carbons (Fsp3) is 0.882. The highest BCUT2D eigenvalue weighted by Gasteiger charge is 2.35. The SMILES string of the molecule is CC1CCCC(C)N1N1C=CN(N2C(C)CCCC2C)C1. The van der Waals surface area contributed by atoms with Crippen LogP contribution in [0.1, 0.15) is 66.2 Å². The molecule has 0 N–H and O–H groups in total. The van der Waals surface area contributed by atoms with Gasteiger partial charge in [-0.05, 0) is 53.4 Å². The van der Waals surface area contributed by atoms with Crippen LogP contribution in [-0.2, 0) is 0 Å². The summed E-state index contributed by atoms with van der Waals surface area (Å²) >= 11 is 0. The molecule has 3 heterocycles. The average molecular weight is 292 g/mol. The van der Waals surface area contributed by atoms with E-state index in [1.54, 1.807) is 0 Å². The Morgan fingerprint density at radius 1 is 0.619 bits per heavy atom. The Labute approximate surface area is 130 Å². The second-order valence-electron chi connectivity index (χ2n) is 7.34. The molecule has 0 bridgehead atoms. The molecular formula is C17H32N4. The zero-order valence-electron chi connectivity index (χ0n) is 14.2. The lowest BCUT2D eigenvalue weighted by Crippen LogP contribution is -2.56. The Bertz CT molecular complexity index is 329. The molecule has 3 rings (SSSR count). The molecule has 0 aromatic carbocycles. The summed E-state index contributed by atoms with van der Waals surface area (Å²) in [4.78, 5) is 0. The van der Waals surface area contributed by atoms with Crippen LogP contribution in [0.15, 0.2) is 12.4 Å². The van der Waals surface area contributed by atoms with E-state index in [0.29, 0.717) is 24.2 Å². The molecular weight excluding hydrogens is 260 g/mol. The molecule has 0 amide bonds. The smallest absolute Gasteiger partial charge is 0.119 e. The molecule has 4 nitrogen and oxygen atoms in total. The molecule has 0 aromatic rings. The third-order valence-corrected chi connectivity index (χ3v) is 5.59. The van der Waals surface area contributed by atoms with Crippen molar-refractivity contribution in [3.05, 3.63) is 12.4 Å². The van der Waals surface area contributed by atoms with Crippen LogP contribution in [0.4, 0.5) is 0 Å². The van der Waals surface area contributed by atoms with Gasteiger partial charge < -0.3 is 0 Å². The maximum atomic E-state index is 2.60. The quantitative estimate of drug-likeness (QED) is 0.773. The number of nitrogens with zero attached hydrogens (tertiary/aromatic N) is 4. The van der Waals surface area contributed by atoms with E-state index in [9.17, 15) is 0 Å². The minimum Gasteiger partial charge on any atom is -0.290 e. The number of piperidine rings is 2. The Hall–Kier alpha value is -0.740. The maximum absolute atomic E-state index is 2.60. The fourth-order valence-electron chi connectivity index (χ4n) is 4.52. The molecule has 4 atom stereocenters. The van der Waals surface area contributed by atoms with Gasteiger partial charge in [-0.2, -0.15) is 0 Å². The lowest BCUT2D eigenvalue weighted by Gasteiger charge is -2.48. The Kier molecular flexibility index (Phi) is 4.46. The number of rotatable bonds is 2. The Morgan fingerprint density at radius 3 is 1.29 bits per heavy atom. The van der Waals surface area contributed by atoms with Crippen molar-refractivity contribution >= 4 is 0 Å². The van der Waals surface area contributed by atoms with E-state index in [4.69, 9.17) is 0 Å². The van der Waals surface area contributed by atoms with Crippen molar-refractivity contribution in [2.45, 2.75) is 90.4 Å². The minimum absolute atomic E-state index is 0.662. The van der Waals surface area contributed by atoms with Gasteiger partial charge in [0.05, 0.1) is 0 Å². The second kappa shape index (κ2) is 6.17. The van der Waals surface area contributed by atoms with Gasteiger partial charge in [0.15, 0.2) is 0 Å². The summed E-state index contributed by atoms with van der Waals surface area (Å²) in [5.74, 6) is 0. The third-order valence-electron chi connectivity index (χ3n) is 5.59. The van der Waals surface area contributed by atoms with E-state index in [2.05, 4.69) is 60.1 Å². The third kappa shape index (κ3) is 2.93. The monoisotopic (exact) mass is 292 g/mol. The van der Waals surface area contributed by atoms with Crippen LogP contribution in [0.3, 0.4) is 0 Å². The highest BCUT2D eigenvalue weighted by molar-refractivity contribution is 4.94. The van der Waals surface area contributed by atoms with E-state index in [-0.39, 0.29) is 0 Å². The summed E-state index contributed by atoms with van der Waals surface area (Å²) in [7, 11) is 0. The van der Waals surface area contributed by atoms with E-state index in [1.807, 2.05) is 0 Å². The van der Waals surface area contributed by atoms with Gasteiger partial charge in [0, 0.05) is 36.6 Å². The molecule has 2 saturated heterocycles. The Morgan fingerprint density at radius 2 is 0.952 bits per heavy atom. The van der Waals surface area contributed by atoms with Crippen LogP contribution in [0.25, 0.3) is 0 Å². The van der Waals surface area contributed by atoms with Gasteiger partial charge in [0.25, 0.3) is 0 Å². The van der Waals surface area contributed by atoms with Gasteiger partial charge in [-0.15, -0.1) is 0 Å². The number of hydrazine groups is 2. The van der Waals surface area contributed by atoms with Crippen molar-refractivity contribution in [3.63, 3.8) is 0 Å². The zero-order valence-corrected chi connectivity index (χ0v) is 14.2. The van der Waals surface area contributed by atoms with Crippen molar-refractivity contribution in [3.8, 4) is 0 Å². The van der Waals surface area contributed by atoms with Gasteiger partial charge in [-0.25, -0.2) is 10.0 Å². The predicted molar refractivity (Wildman–Crippen MR) is 86.9 cm³/mol. The average Bonchev–Trinajstić information content (AvgIpc) is 2.87. The number of hydrogen-bond donors (Lipinski definition) is 0. The molecule has 3 aliphatic heterocycles. The van der Waals surface area contributed by atoms with E-state index >= 15 is 0 Å². The van der Waals surface area contributed by atoms with Crippen LogP contribution in [0, 0.1) is 0 Å². The van der Waals surface area contributed by atoms with Crippen LogP contribution in [0.2, 0.25) is 0 Å². The molecule has 0 aliphatic carbocycles. The summed E-state index contributed by atoms with van der Waals surface area (Å²) in [6.45, 7) is 10.5. The molecule has 120 valence electrons. The van der Waals surface area contributed by atoms with Gasteiger partial charge in [0.1, 0.15) is 6.67 Å². The fourth-order valence-corrected chi connectivity index (χ4v) is 4.52. The summed E-state index contributed by atoms with van der Waals surface area (Å²) in [5.41, 5.74) is 0. The van der Waals surface area contributed by atoms with Crippen LogP contribution in [-0.4, -0.2) is 50.9 Å². The van der Waals surface area contributed by atoms with Crippen molar-refractivity contribution in [2.24, 2.45) is 0 Å². The highest BCUT2D eigenvalue weighted by atomic mass is 15.8. The van der Waals surface area contributed by atoms with Gasteiger partial charge in [0.2, 0.25) is 0 Å². The van der Waals surface area contributed by atoms with Crippen molar-refractivity contribution in [1.29, 1.82) is 0 Å². The first kappa shape index (κ1) is 15.2. The summed E-state index contributed by atoms with van der Waals surface area (Å²) in [5, 5.41) is 10.1. The summed E-state index contributed by atoms with van der Waals surface area (Å²) in [6, 6.07) is 2.65. The summed E-state index contributed by atoms with van der Waals surface area (Å²) < 4.78 is 0. The lowest BCUT2D eigenvalue weighted by molar-refractivity contribution is -0.134. The van der Waals surface area contributed by atoms with E-state index in [0.717, 1.165) is 6.67 Å². The first-order valence-corrected chi connectivity index (χ1v) is 8.86. The molecule has 21 heavy (non-hydrogen) atoms. The van der Waals surface area contributed by atoms with Gasteiger partial charge in [-0.3, -0.25) is 10.0 Å². The standard InChI is InChI=1S/C17H32N4/c1-14-7-5-8-15(2)20(14)18-11-12-19(13-18)21-16(3)9-6-10-17(21)4/h11-12,14-17H,5-10,13H2,1-4H3. The highest BCUT2D eigenvalue weighted by Crippen LogP contribution is 2.30. The van der Waals surface area contributed by atoms with Crippen LogP contribution in [0.5, 0.6) is 0 Å². The largest absolute Gasteiger partial charge is 0.290 e. The van der Waals surface area contributed by atoms with Crippen molar-refractivity contribution in [1.82, 2.24) is 20.0 Å². The first-order chi connectivity index (χ1) is 10.1. The number of hydrogen-bond acceptors (Lipinski definition) is 4. The molecule has 0 radical (unpaired) electrons. The van der Waals surface area contributed by atoms with E-state index in [1.165, 1.54) is 38.5 Å². The molecule has 0 saturated carbocycles. The van der Waals surface area contributed by atoms with Crippen LogP contribution < -0.4 is 0 Å².